The Bertz CT molecular complexity index is 602. The van der Waals surface area contributed by atoms with Crippen LogP contribution >= 0.6 is 0 Å². The molecule has 118 valence electrons. The molecule has 1 heterocycles. The summed E-state index contributed by atoms with van der Waals surface area (Å²) in [6.07, 6.45) is -0.121. The van der Waals surface area contributed by atoms with Crippen molar-refractivity contribution in [3.63, 3.8) is 0 Å². The fourth-order valence-corrected chi connectivity index (χ4v) is 2.21. The van der Waals surface area contributed by atoms with E-state index < -0.39 is 24.0 Å². The predicted octanol–water partition coefficient (Wildman–Crippen LogP) is 1.38. The van der Waals surface area contributed by atoms with Crippen LogP contribution in [0.5, 0.6) is 0 Å². The lowest BCUT2D eigenvalue weighted by atomic mass is 10.1. The van der Waals surface area contributed by atoms with Crippen LogP contribution in [0.15, 0.2) is 15.8 Å². The van der Waals surface area contributed by atoms with Crippen LogP contribution in [0, 0.1) is 5.92 Å². The maximum atomic E-state index is 12.4. The molecule has 21 heavy (non-hydrogen) atoms. The van der Waals surface area contributed by atoms with Crippen molar-refractivity contribution in [3.05, 3.63) is 32.6 Å². The van der Waals surface area contributed by atoms with Crippen molar-refractivity contribution in [1.82, 2.24) is 14.9 Å². The molecule has 0 radical (unpaired) electrons. The van der Waals surface area contributed by atoms with E-state index in [1.54, 1.807) is 0 Å². The minimum absolute atomic E-state index is 0.126. The van der Waals surface area contributed by atoms with E-state index in [0.29, 0.717) is 10.5 Å². The zero-order valence-electron chi connectivity index (χ0n) is 11.7. The van der Waals surface area contributed by atoms with E-state index in [9.17, 15) is 22.8 Å². The average molecular weight is 305 g/mol. The zero-order chi connectivity index (χ0) is 15.6. The second kappa shape index (κ2) is 6.05. The number of nitrogens with one attached hydrogen (secondary N) is 2. The van der Waals surface area contributed by atoms with Gasteiger partial charge in [-0.3, -0.25) is 14.3 Å². The minimum atomic E-state index is -4.51. The van der Waals surface area contributed by atoms with Gasteiger partial charge in [0.1, 0.15) is 6.54 Å². The first-order valence-corrected chi connectivity index (χ1v) is 6.87. The highest BCUT2D eigenvalue weighted by molar-refractivity contribution is 5.04. The second-order valence-corrected chi connectivity index (χ2v) is 5.62. The molecule has 1 aromatic heterocycles. The van der Waals surface area contributed by atoms with E-state index in [1.165, 1.54) is 12.8 Å². The molecule has 0 saturated heterocycles. The third kappa shape index (κ3) is 5.04. The molecule has 1 unspecified atom stereocenters. The molecule has 2 N–H and O–H groups in total. The molecule has 1 aliphatic rings. The van der Waals surface area contributed by atoms with E-state index in [0.717, 1.165) is 12.6 Å². The van der Waals surface area contributed by atoms with Gasteiger partial charge in [0.2, 0.25) is 0 Å². The zero-order valence-corrected chi connectivity index (χ0v) is 11.7. The molecule has 1 fully saturated rings. The van der Waals surface area contributed by atoms with Crippen LogP contribution < -0.4 is 16.6 Å². The molecule has 0 aromatic carbocycles. The molecule has 8 heteroatoms. The summed E-state index contributed by atoms with van der Waals surface area (Å²) in [5.41, 5.74) is -1.57. The molecule has 0 aliphatic heterocycles. The number of hydrogen-bond acceptors (Lipinski definition) is 3. The number of alkyl halides is 3. The summed E-state index contributed by atoms with van der Waals surface area (Å²) in [4.78, 5) is 24.9. The molecule has 1 aromatic rings. The normalized spacial score (nSPS) is 17.0. The summed E-state index contributed by atoms with van der Waals surface area (Å²) in [5, 5.41) is 3.10. The van der Waals surface area contributed by atoms with E-state index in [1.807, 2.05) is 11.9 Å². The molecule has 1 saturated carbocycles. The Hall–Kier alpha value is -1.57. The average Bonchev–Trinajstić information content (AvgIpc) is 3.13. The van der Waals surface area contributed by atoms with Gasteiger partial charge in [-0.2, -0.15) is 13.2 Å². The largest absolute Gasteiger partial charge is 0.406 e. The van der Waals surface area contributed by atoms with Crippen LogP contribution in [-0.4, -0.2) is 21.8 Å². The highest BCUT2D eigenvalue weighted by Gasteiger charge is 2.29. The van der Waals surface area contributed by atoms with Crippen molar-refractivity contribution in [2.45, 2.75) is 51.5 Å². The highest BCUT2D eigenvalue weighted by atomic mass is 19.4. The van der Waals surface area contributed by atoms with Gasteiger partial charge in [0.25, 0.3) is 5.56 Å². The van der Waals surface area contributed by atoms with E-state index >= 15 is 0 Å². The fourth-order valence-electron chi connectivity index (χ4n) is 2.21. The number of nitrogens with zero attached hydrogens (tertiary/aromatic N) is 1. The van der Waals surface area contributed by atoms with Crippen molar-refractivity contribution in [3.8, 4) is 0 Å². The monoisotopic (exact) mass is 305 g/mol. The van der Waals surface area contributed by atoms with Gasteiger partial charge in [0.15, 0.2) is 0 Å². The summed E-state index contributed by atoms with van der Waals surface area (Å²) in [5.74, 6) is 0.713. The number of H-pyrrole nitrogens is 1. The molecule has 0 bridgehead atoms. The van der Waals surface area contributed by atoms with Crippen LogP contribution in [-0.2, 0) is 13.1 Å². The Balaban J connectivity index is 2.05. The van der Waals surface area contributed by atoms with Crippen molar-refractivity contribution < 1.29 is 13.2 Å². The van der Waals surface area contributed by atoms with Crippen molar-refractivity contribution in [2.24, 2.45) is 5.92 Å². The summed E-state index contributed by atoms with van der Waals surface area (Å²) in [7, 11) is 0. The molecule has 1 aliphatic carbocycles. The third-order valence-corrected chi connectivity index (χ3v) is 3.46. The molecule has 0 amide bonds. The number of halogens is 3. The molecule has 5 nitrogen and oxygen atoms in total. The van der Waals surface area contributed by atoms with Gasteiger partial charge in [-0.15, -0.1) is 0 Å². The standard InChI is InChI=1S/C13H18F3N3O2/c1-8(4-9-2-3-9)17-5-10-6-19(7-13(14,15)16)12(21)18-11(10)20/h6,8-9,17H,2-5,7H2,1H3,(H,18,20,21). The maximum Gasteiger partial charge on any atom is 0.406 e. The number of aromatic nitrogens is 2. The van der Waals surface area contributed by atoms with Crippen LogP contribution in [0.2, 0.25) is 0 Å². The van der Waals surface area contributed by atoms with E-state index in [4.69, 9.17) is 0 Å². The Morgan fingerprint density at radius 1 is 1.43 bits per heavy atom. The minimum Gasteiger partial charge on any atom is -0.310 e. The summed E-state index contributed by atoms with van der Waals surface area (Å²) < 4.78 is 37.5. The Labute approximate surface area is 119 Å². The van der Waals surface area contributed by atoms with Gasteiger partial charge in [-0.05, 0) is 19.3 Å². The van der Waals surface area contributed by atoms with E-state index in [2.05, 4.69) is 5.32 Å². The topological polar surface area (TPSA) is 66.9 Å². The predicted molar refractivity (Wildman–Crippen MR) is 71.0 cm³/mol. The van der Waals surface area contributed by atoms with Gasteiger partial charge < -0.3 is 5.32 Å². The summed E-state index contributed by atoms with van der Waals surface area (Å²) in [6, 6.07) is 0.180. The lowest BCUT2D eigenvalue weighted by molar-refractivity contribution is -0.141. The first kappa shape index (κ1) is 15.8. The SMILES string of the molecule is CC(CC1CC1)NCc1cn(CC(F)(F)F)c(=O)[nH]c1=O. The first-order valence-electron chi connectivity index (χ1n) is 6.87. The van der Waals surface area contributed by atoms with Crippen LogP contribution in [0.25, 0.3) is 0 Å². The molecular formula is C13H18F3N3O2. The van der Waals surface area contributed by atoms with Crippen LogP contribution in [0.3, 0.4) is 0 Å². The van der Waals surface area contributed by atoms with Crippen molar-refractivity contribution >= 4 is 0 Å². The highest BCUT2D eigenvalue weighted by Crippen LogP contribution is 2.33. The van der Waals surface area contributed by atoms with Gasteiger partial charge >= 0.3 is 11.9 Å². The van der Waals surface area contributed by atoms with Crippen molar-refractivity contribution in [2.75, 3.05) is 0 Å². The van der Waals surface area contributed by atoms with E-state index in [-0.39, 0.29) is 18.2 Å². The molecule has 2 rings (SSSR count). The lowest BCUT2D eigenvalue weighted by Crippen LogP contribution is -2.37. The van der Waals surface area contributed by atoms with Crippen LogP contribution in [0.1, 0.15) is 31.7 Å². The summed E-state index contributed by atoms with van der Waals surface area (Å²) >= 11 is 0. The van der Waals surface area contributed by atoms with Gasteiger partial charge in [0, 0.05) is 24.3 Å². The molecule has 1 atom stereocenters. The lowest BCUT2D eigenvalue weighted by Gasteiger charge is -2.14. The number of rotatable bonds is 6. The maximum absolute atomic E-state index is 12.4. The first-order chi connectivity index (χ1) is 9.74. The van der Waals surface area contributed by atoms with Gasteiger partial charge in [-0.25, -0.2) is 4.79 Å². The smallest absolute Gasteiger partial charge is 0.310 e. The number of aromatic amines is 1. The Morgan fingerprint density at radius 2 is 2.10 bits per heavy atom. The van der Waals surface area contributed by atoms with Gasteiger partial charge in [-0.1, -0.05) is 12.8 Å². The summed E-state index contributed by atoms with van der Waals surface area (Å²) in [6.45, 7) is 0.701. The fraction of sp³-hybridized carbons (Fsp3) is 0.692. The van der Waals surface area contributed by atoms with Crippen molar-refractivity contribution in [1.29, 1.82) is 0 Å². The second-order valence-electron chi connectivity index (χ2n) is 5.62. The number of hydrogen-bond donors (Lipinski definition) is 2. The Morgan fingerprint density at radius 3 is 2.67 bits per heavy atom. The van der Waals surface area contributed by atoms with Gasteiger partial charge in [0.05, 0.1) is 0 Å². The third-order valence-electron chi connectivity index (χ3n) is 3.46. The molecular weight excluding hydrogens is 287 g/mol. The molecule has 0 spiro atoms. The quantitative estimate of drug-likeness (QED) is 0.834. The Kier molecular flexibility index (Phi) is 4.55. The van der Waals surface area contributed by atoms with Crippen LogP contribution in [0.4, 0.5) is 13.2 Å².